The molecule has 0 atom stereocenters. The smallest absolute Gasteiger partial charge is 0.148 e. The third-order valence-electron chi connectivity index (χ3n) is 2.61. The molecule has 0 unspecified atom stereocenters. The predicted molar refractivity (Wildman–Crippen MR) is 65.3 cm³/mol. The summed E-state index contributed by atoms with van der Waals surface area (Å²) in [6, 6.07) is 0.672. The standard InChI is InChI=1S/C10H15BrN4/c1-3-15(7-4-5-7)10-8(11)9(12-2)13-6-14-10/h6-7H,3-5H2,1-2H3,(H,12,13,14). The highest BCUT2D eigenvalue weighted by Crippen LogP contribution is 2.36. The van der Waals surface area contributed by atoms with Crippen molar-refractivity contribution in [2.24, 2.45) is 0 Å². The highest BCUT2D eigenvalue weighted by molar-refractivity contribution is 9.10. The largest absolute Gasteiger partial charge is 0.372 e. The van der Waals surface area contributed by atoms with Crippen molar-refractivity contribution in [3.63, 3.8) is 0 Å². The van der Waals surface area contributed by atoms with E-state index in [0.29, 0.717) is 6.04 Å². The van der Waals surface area contributed by atoms with Crippen molar-refractivity contribution < 1.29 is 0 Å². The lowest BCUT2D eigenvalue weighted by Crippen LogP contribution is -2.26. The number of hydrogen-bond donors (Lipinski definition) is 1. The van der Waals surface area contributed by atoms with Gasteiger partial charge in [0.05, 0.1) is 0 Å². The minimum Gasteiger partial charge on any atom is -0.372 e. The van der Waals surface area contributed by atoms with Gasteiger partial charge in [-0.1, -0.05) is 0 Å². The van der Waals surface area contributed by atoms with Gasteiger partial charge in [0, 0.05) is 19.6 Å². The van der Waals surface area contributed by atoms with E-state index in [9.17, 15) is 0 Å². The monoisotopic (exact) mass is 270 g/mol. The zero-order valence-electron chi connectivity index (χ0n) is 9.00. The van der Waals surface area contributed by atoms with Gasteiger partial charge in [0.15, 0.2) is 0 Å². The Morgan fingerprint density at radius 2 is 2.27 bits per heavy atom. The Hall–Kier alpha value is -0.840. The van der Waals surface area contributed by atoms with E-state index in [-0.39, 0.29) is 0 Å². The summed E-state index contributed by atoms with van der Waals surface area (Å²) in [6.07, 6.45) is 4.16. The lowest BCUT2D eigenvalue weighted by Gasteiger charge is -2.23. The van der Waals surface area contributed by atoms with Gasteiger partial charge in [-0.05, 0) is 35.7 Å². The molecular weight excluding hydrogens is 256 g/mol. The summed E-state index contributed by atoms with van der Waals surface area (Å²) < 4.78 is 0.959. The number of hydrogen-bond acceptors (Lipinski definition) is 4. The van der Waals surface area contributed by atoms with Gasteiger partial charge in [-0.2, -0.15) is 0 Å². The minimum atomic E-state index is 0.672. The summed E-state index contributed by atoms with van der Waals surface area (Å²) in [5.41, 5.74) is 0. The normalized spacial score (nSPS) is 15.1. The topological polar surface area (TPSA) is 41.1 Å². The van der Waals surface area contributed by atoms with Crippen LogP contribution in [0.2, 0.25) is 0 Å². The number of anilines is 2. The highest BCUT2D eigenvalue weighted by atomic mass is 79.9. The van der Waals surface area contributed by atoms with Crippen molar-refractivity contribution in [2.45, 2.75) is 25.8 Å². The Kier molecular flexibility index (Phi) is 3.09. The predicted octanol–water partition coefficient (Wildman–Crippen LogP) is 2.27. The van der Waals surface area contributed by atoms with Crippen molar-refractivity contribution in [2.75, 3.05) is 23.8 Å². The Morgan fingerprint density at radius 3 is 2.80 bits per heavy atom. The van der Waals surface area contributed by atoms with Gasteiger partial charge < -0.3 is 10.2 Å². The lowest BCUT2D eigenvalue weighted by molar-refractivity contribution is 0.802. The van der Waals surface area contributed by atoms with Crippen LogP contribution >= 0.6 is 15.9 Å². The first-order chi connectivity index (χ1) is 7.27. The van der Waals surface area contributed by atoms with Crippen LogP contribution in [0, 0.1) is 0 Å². The Balaban J connectivity index is 2.33. The van der Waals surface area contributed by atoms with Crippen LogP contribution in [0.15, 0.2) is 10.8 Å². The average Bonchev–Trinajstić information content (AvgIpc) is 3.06. The third kappa shape index (κ3) is 2.07. The number of nitrogens with zero attached hydrogens (tertiary/aromatic N) is 3. The molecule has 1 N–H and O–H groups in total. The van der Waals surface area contributed by atoms with Crippen molar-refractivity contribution in [1.29, 1.82) is 0 Å². The minimum absolute atomic E-state index is 0.672. The van der Waals surface area contributed by atoms with Crippen LogP contribution in [0.4, 0.5) is 11.6 Å². The molecule has 0 spiro atoms. The van der Waals surface area contributed by atoms with Crippen LogP contribution in [0.25, 0.3) is 0 Å². The van der Waals surface area contributed by atoms with E-state index < -0.39 is 0 Å². The van der Waals surface area contributed by atoms with Crippen molar-refractivity contribution in [3.8, 4) is 0 Å². The second kappa shape index (κ2) is 4.35. The van der Waals surface area contributed by atoms with Gasteiger partial charge in [0.1, 0.15) is 22.4 Å². The fourth-order valence-corrected chi connectivity index (χ4v) is 2.33. The fourth-order valence-electron chi connectivity index (χ4n) is 1.70. The third-order valence-corrected chi connectivity index (χ3v) is 3.34. The number of aromatic nitrogens is 2. The molecule has 4 nitrogen and oxygen atoms in total. The summed E-state index contributed by atoms with van der Waals surface area (Å²) in [5, 5.41) is 3.05. The maximum absolute atomic E-state index is 4.35. The van der Waals surface area contributed by atoms with E-state index in [4.69, 9.17) is 0 Å². The summed E-state index contributed by atoms with van der Waals surface area (Å²) >= 11 is 3.55. The van der Waals surface area contributed by atoms with Crippen molar-refractivity contribution in [3.05, 3.63) is 10.8 Å². The molecule has 1 aromatic rings. The molecule has 0 aliphatic heterocycles. The van der Waals surface area contributed by atoms with Gasteiger partial charge >= 0.3 is 0 Å². The van der Waals surface area contributed by atoms with Crippen molar-refractivity contribution >= 4 is 27.6 Å². The van der Waals surface area contributed by atoms with E-state index in [1.165, 1.54) is 12.8 Å². The molecule has 1 aliphatic carbocycles. The van der Waals surface area contributed by atoms with E-state index in [1.54, 1.807) is 6.33 Å². The molecule has 82 valence electrons. The molecule has 1 aliphatic rings. The van der Waals surface area contributed by atoms with E-state index in [0.717, 1.165) is 22.7 Å². The summed E-state index contributed by atoms with van der Waals surface area (Å²) in [5.74, 6) is 1.85. The van der Waals surface area contributed by atoms with Crippen LogP contribution < -0.4 is 10.2 Å². The number of halogens is 1. The van der Waals surface area contributed by atoms with Gasteiger partial charge in [0.2, 0.25) is 0 Å². The van der Waals surface area contributed by atoms with Crippen LogP contribution in [-0.4, -0.2) is 29.6 Å². The van der Waals surface area contributed by atoms with E-state index >= 15 is 0 Å². The Morgan fingerprint density at radius 1 is 1.53 bits per heavy atom. The molecule has 15 heavy (non-hydrogen) atoms. The molecule has 0 aromatic carbocycles. The fraction of sp³-hybridized carbons (Fsp3) is 0.600. The van der Waals surface area contributed by atoms with Gasteiger partial charge in [0.25, 0.3) is 0 Å². The second-order valence-electron chi connectivity index (χ2n) is 3.63. The highest BCUT2D eigenvalue weighted by Gasteiger charge is 2.30. The van der Waals surface area contributed by atoms with Crippen molar-refractivity contribution in [1.82, 2.24) is 9.97 Å². The van der Waals surface area contributed by atoms with E-state index in [2.05, 4.69) is 43.0 Å². The first kappa shape index (κ1) is 10.7. The molecule has 1 fully saturated rings. The van der Waals surface area contributed by atoms with Crippen LogP contribution in [0.5, 0.6) is 0 Å². The van der Waals surface area contributed by atoms with E-state index in [1.807, 2.05) is 7.05 Å². The number of rotatable bonds is 4. The molecular formula is C10H15BrN4. The summed E-state index contributed by atoms with van der Waals surface area (Å²) in [6.45, 7) is 3.15. The van der Waals surface area contributed by atoms with Crippen LogP contribution in [0.3, 0.4) is 0 Å². The zero-order chi connectivity index (χ0) is 10.8. The maximum atomic E-state index is 4.35. The molecule has 5 heteroatoms. The van der Waals surface area contributed by atoms with Crippen LogP contribution in [0.1, 0.15) is 19.8 Å². The number of nitrogens with one attached hydrogen (secondary N) is 1. The first-order valence-corrected chi connectivity index (χ1v) is 6.02. The molecule has 1 heterocycles. The quantitative estimate of drug-likeness (QED) is 0.912. The lowest BCUT2D eigenvalue weighted by atomic mass is 10.4. The average molecular weight is 271 g/mol. The summed E-state index contributed by atoms with van der Waals surface area (Å²) in [7, 11) is 1.87. The molecule has 0 radical (unpaired) electrons. The molecule has 2 rings (SSSR count). The zero-order valence-corrected chi connectivity index (χ0v) is 10.6. The Bertz CT molecular complexity index is 351. The molecule has 0 saturated heterocycles. The van der Waals surface area contributed by atoms with Gasteiger partial charge in [-0.15, -0.1) is 0 Å². The molecule has 0 bridgehead atoms. The second-order valence-corrected chi connectivity index (χ2v) is 4.42. The van der Waals surface area contributed by atoms with Crippen LogP contribution in [-0.2, 0) is 0 Å². The SMILES string of the molecule is CCN(c1ncnc(NC)c1Br)C1CC1. The Labute approximate surface area is 98.2 Å². The summed E-state index contributed by atoms with van der Waals surface area (Å²) in [4.78, 5) is 10.8. The maximum Gasteiger partial charge on any atom is 0.148 e. The molecule has 0 amide bonds. The first-order valence-electron chi connectivity index (χ1n) is 5.22. The molecule has 1 saturated carbocycles. The van der Waals surface area contributed by atoms with Gasteiger partial charge in [-0.25, -0.2) is 9.97 Å². The molecule has 1 aromatic heterocycles. The van der Waals surface area contributed by atoms with Gasteiger partial charge in [-0.3, -0.25) is 0 Å².